The average molecular weight is 234 g/mol. The highest BCUT2D eigenvalue weighted by molar-refractivity contribution is 5.72. The van der Waals surface area contributed by atoms with Gasteiger partial charge in [-0.25, -0.2) is 9.37 Å². The smallest absolute Gasteiger partial charge is 0.311 e. The van der Waals surface area contributed by atoms with Crippen LogP contribution in [0.3, 0.4) is 0 Å². The van der Waals surface area contributed by atoms with Crippen molar-refractivity contribution in [2.45, 2.75) is 13.3 Å². The van der Waals surface area contributed by atoms with Crippen LogP contribution in [0.25, 0.3) is 0 Å². The van der Waals surface area contributed by atoms with Crippen LogP contribution >= 0.6 is 0 Å². The Morgan fingerprint density at radius 3 is 2.56 bits per heavy atom. The minimum atomic E-state index is -1.56. The third-order valence-corrected chi connectivity index (χ3v) is 1.76. The van der Waals surface area contributed by atoms with Crippen LogP contribution in [0.4, 0.5) is 18.9 Å². The van der Waals surface area contributed by atoms with Crippen molar-refractivity contribution in [1.82, 2.24) is 4.98 Å². The van der Waals surface area contributed by atoms with E-state index < -0.39 is 41.4 Å². The molecular weight excluding hydrogens is 225 g/mol. The summed E-state index contributed by atoms with van der Waals surface area (Å²) >= 11 is 0. The van der Waals surface area contributed by atoms with Crippen LogP contribution in [0.1, 0.15) is 12.6 Å². The van der Waals surface area contributed by atoms with E-state index in [9.17, 15) is 18.0 Å². The third-order valence-electron chi connectivity index (χ3n) is 1.76. The van der Waals surface area contributed by atoms with Crippen molar-refractivity contribution in [3.63, 3.8) is 0 Å². The molecule has 2 N–H and O–H groups in total. The molecule has 0 radical (unpaired) electrons. The summed E-state index contributed by atoms with van der Waals surface area (Å²) in [6.07, 6.45) is -0.596. The number of nitrogens with zero attached hydrogens (tertiary/aromatic N) is 1. The zero-order chi connectivity index (χ0) is 12.3. The Labute approximate surface area is 89.2 Å². The number of nitrogens with two attached hydrogens (primary N) is 1. The molecule has 0 saturated heterocycles. The first-order chi connectivity index (χ1) is 7.47. The Morgan fingerprint density at radius 2 is 2.00 bits per heavy atom. The molecule has 0 saturated carbocycles. The van der Waals surface area contributed by atoms with Gasteiger partial charge < -0.3 is 10.5 Å². The number of hydrogen-bond acceptors (Lipinski definition) is 4. The molecule has 0 spiro atoms. The molecule has 0 fully saturated rings. The Bertz CT molecular complexity index is 424. The Balaban J connectivity index is 3.02. The molecule has 0 aliphatic heterocycles. The average Bonchev–Trinajstić information content (AvgIpc) is 2.23. The number of carbonyl (C=O) groups is 1. The van der Waals surface area contributed by atoms with E-state index in [1.165, 1.54) is 0 Å². The van der Waals surface area contributed by atoms with Crippen molar-refractivity contribution >= 4 is 11.7 Å². The van der Waals surface area contributed by atoms with E-state index >= 15 is 0 Å². The lowest BCUT2D eigenvalue weighted by Crippen LogP contribution is -2.14. The molecule has 16 heavy (non-hydrogen) atoms. The van der Waals surface area contributed by atoms with Gasteiger partial charge in [-0.15, -0.1) is 0 Å². The van der Waals surface area contributed by atoms with E-state index in [4.69, 9.17) is 5.73 Å². The molecule has 1 aromatic heterocycles. The van der Waals surface area contributed by atoms with Crippen molar-refractivity contribution < 1.29 is 22.7 Å². The zero-order valence-corrected chi connectivity index (χ0v) is 8.39. The van der Waals surface area contributed by atoms with Crippen molar-refractivity contribution in [2.24, 2.45) is 0 Å². The number of pyridine rings is 1. The number of esters is 1. The summed E-state index contributed by atoms with van der Waals surface area (Å²) in [6, 6.07) is 0. The second kappa shape index (κ2) is 4.82. The van der Waals surface area contributed by atoms with Crippen LogP contribution in [0.2, 0.25) is 0 Å². The van der Waals surface area contributed by atoms with E-state index in [0.29, 0.717) is 0 Å². The lowest BCUT2D eigenvalue weighted by Gasteiger charge is -2.06. The molecule has 4 nitrogen and oxygen atoms in total. The van der Waals surface area contributed by atoms with Gasteiger partial charge in [-0.3, -0.25) is 4.79 Å². The fraction of sp³-hybridized carbons (Fsp3) is 0.333. The summed E-state index contributed by atoms with van der Waals surface area (Å²) in [5.41, 5.74) is 3.38. The number of carbonyl (C=O) groups excluding carboxylic acids is 1. The normalized spacial score (nSPS) is 10.2. The fourth-order valence-electron chi connectivity index (χ4n) is 1.05. The Hall–Kier alpha value is -1.79. The maximum Gasteiger partial charge on any atom is 0.311 e. The predicted molar refractivity (Wildman–Crippen MR) is 48.9 cm³/mol. The molecule has 0 amide bonds. The molecule has 0 unspecified atom stereocenters. The maximum atomic E-state index is 13.2. The van der Waals surface area contributed by atoms with Gasteiger partial charge in [0.15, 0.2) is 5.82 Å². The largest absolute Gasteiger partial charge is 0.466 e. The van der Waals surface area contributed by atoms with E-state index in [-0.39, 0.29) is 6.61 Å². The topological polar surface area (TPSA) is 65.2 Å². The Kier molecular flexibility index (Phi) is 3.70. The van der Waals surface area contributed by atoms with E-state index in [2.05, 4.69) is 9.72 Å². The summed E-state index contributed by atoms with van der Waals surface area (Å²) in [5, 5.41) is 0. The van der Waals surface area contributed by atoms with Crippen molar-refractivity contribution in [1.29, 1.82) is 0 Å². The summed E-state index contributed by atoms with van der Waals surface area (Å²) in [4.78, 5) is 13.9. The highest BCUT2D eigenvalue weighted by Crippen LogP contribution is 2.19. The lowest BCUT2D eigenvalue weighted by atomic mass is 10.2. The highest BCUT2D eigenvalue weighted by atomic mass is 19.2. The number of anilines is 1. The van der Waals surface area contributed by atoms with Gasteiger partial charge in [-0.05, 0) is 6.92 Å². The summed E-state index contributed by atoms with van der Waals surface area (Å²) in [5.74, 6) is -5.14. The number of aromatic nitrogens is 1. The zero-order valence-electron chi connectivity index (χ0n) is 8.39. The van der Waals surface area contributed by atoms with Crippen molar-refractivity contribution in [3.05, 3.63) is 23.3 Å². The van der Waals surface area contributed by atoms with Crippen LogP contribution in [-0.2, 0) is 16.0 Å². The summed E-state index contributed by atoms with van der Waals surface area (Å²) < 4.78 is 43.3. The van der Waals surface area contributed by atoms with Gasteiger partial charge >= 0.3 is 5.97 Å². The molecule has 0 aliphatic rings. The van der Waals surface area contributed by atoms with E-state index in [1.807, 2.05) is 0 Å². The van der Waals surface area contributed by atoms with Crippen LogP contribution < -0.4 is 5.73 Å². The minimum absolute atomic E-state index is 0.0968. The predicted octanol–water partition coefficient (Wildman–Crippen LogP) is 1.19. The number of rotatable bonds is 3. The molecule has 1 aromatic rings. The SMILES string of the molecule is CCOC(=O)Cc1nc(F)c(F)c(N)c1F. The van der Waals surface area contributed by atoms with Crippen LogP contribution in [0.15, 0.2) is 0 Å². The maximum absolute atomic E-state index is 13.2. The first-order valence-electron chi connectivity index (χ1n) is 4.41. The number of halogens is 3. The molecule has 1 heterocycles. The quantitative estimate of drug-likeness (QED) is 0.630. The molecule has 0 aliphatic carbocycles. The fourth-order valence-corrected chi connectivity index (χ4v) is 1.05. The molecule has 7 heteroatoms. The first-order valence-corrected chi connectivity index (χ1v) is 4.41. The standard InChI is InChI=1S/C9H9F3N2O2/c1-2-16-5(15)3-4-6(10)8(13)7(11)9(12)14-4/h2-3H2,1H3,(H2,13,14). The minimum Gasteiger partial charge on any atom is -0.466 e. The van der Waals surface area contributed by atoms with Gasteiger partial charge in [-0.1, -0.05) is 0 Å². The number of ether oxygens (including phenoxy) is 1. The number of nitrogen functional groups attached to an aromatic ring is 1. The van der Waals surface area contributed by atoms with Gasteiger partial charge in [0.25, 0.3) is 5.95 Å². The van der Waals surface area contributed by atoms with Crippen LogP contribution in [-0.4, -0.2) is 17.6 Å². The lowest BCUT2D eigenvalue weighted by molar-refractivity contribution is -0.142. The molecular formula is C9H9F3N2O2. The molecule has 1 rings (SSSR count). The second-order valence-corrected chi connectivity index (χ2v) is 2.87. The van der Waals surface area contributed by atoms with Gasteiger partial charge in [0.05, 0.1) is 18.7 Å². The molecule has 0 aromatic carbocycles. The van der Waals surface area contributed by atoms with Gasteiger partial charge in [-0.2, -0.15) is 8.78 Å². The van der Waals surface area contributed by atoms with Gasteiger partial charge in [0.1, 0.15) is 5.69 Å². The van der Waals surface area contributed by atoms with Gasteiger partial charge in [0.2, 0.25) is 5.82 Å². The molecule has 0 atom stereocenters. The van der Waals surface area contributed by atoms with Crippen molar-refractivity contribution in [2.75, 3.05) is 12.3 Å². The summed E-state index contributed by atoms with van der Waals surface area (Å²) in [6.45, 7) is 1.65. The molecule has 88 valence electrons. The van der Waals surface area contributed by atoms with Crippen LogP contribution in [0.5, 0.6) is 0 Å². The number of hydrogen-bond donors (Lipinski definition) is 1. The summed E-state index contributed by atoms with van der Waals surface area (Å²) in [7, 11) is 0. The Morgan fingerprint density at radius 1 is 1.38 bits per heavy atom. The highest BCUT2D eigenvalue weighted by Gasteiger charge is 2.20. The first kappa shape index (κ1) is 12.3. The molecule has 0 bridgehead atoms. The van der Waals surface area contributed by atoms with E-state index in [0.717, 1.165) is 0 Å². The van der Waals surface area contributed by atoms with Gasteiger partial charge in [0, 0.05) is 0 Å². The van der Waals surface area contributed by atoms with Crippen LogP contribution in [0, 0.1) is 17.6 Å². The van der Waals surface area contributed by atoms with Crippen molar-refractivity contribution in [3.8, 4) is 0 Å². The monoisotopic (exact) mass is 234 g/mol. The van der Waals surface area contributed by atoms with E-state index in [1.54, 1.807) is 6.92 Å². The third kappa shape index (κ3) is 2.41. The second-order valence-electron chi connectivity index (χ2n) is 2.87.